The molecule has 2 heterocycles. The molecule has 8 heteroatoms. The molecule has 1 fully saturated rings. The second-order valence-corrected chi connectivity index (χ2v) is 11.5. The summed E-state index contributed by atoms with van der Waals surface area (Å²) in [6.07, 6.45) is 6.22. The van der Waals surface area contributed by atoms with E-state index in [1.165, 1.54) is 5.56 Å². The summed E-state index contributed by atoms with van der Waals surface area (Å²) >= 11 is 2.25. The average Bonchev–Trinajstić information content (AvgIpc) is 2.94. The lowest BCUT2D eigenvalue weighted by Crippen LogP contribution is -2.52. The van der Waals surface area contributed by atoms with Gasteiger partial charge in [0.1, 0.15) is 5.75 Å². The van der Waals surface area contributed by atoms with Crippen molar-refractivity contribution in [3.8, 4) is 5.75 Å². The fraction of sp³-hybridized carbons (Fsp3) is 0.467. The second-order valence-electron chi connectivity index (χ2n) is 10.0. The van der Waals surface area contributed by atoms with Crippen LogP contribution in [-0.2, 0) is 11.2 Å². The van der Waals surface area contributed by atoms with E-state index in [1.54, 1.807) is 6.08 Å². The molecule has 1 saturated heterocycles. The van der Waals surface area contributed by atoms with E-state index >= 15 is 0 Å². The largest absolute Gasteiger partial charge is 0.494 e. The molecule has 2 N–H and O–H groups in total. The SMILES string of the molecule is C=CCNCC(O)CCCCOc1ccc(C(=O)N2CCC(N3C(=O)C(I)Cc4ccccc43)CC2)cc1. The van der Waals surface area contributed by atoms with Crippen molar-refractivity contribution in [2.75, 3.05) is 37.7 Å². The summed E-state index contributed by atoms with van der Waals surface area (Å²) in [6, 6.07) is 15.6. The number of hydrogen-bond donors (Lipinski definition) is 2. The fourth-order valence-corrected chi connectivity index (χ4v) is 5.95. The van der Waals surface area contributed by atoms with Gasteiger partial charge in [0.2, 0.25) is 5.91 Å². The number of hydrogen-bond acceptors (Lipinski definition) is 5. The predicted octanol–water partition coefficient (Wildman–Crippen LogP) is 4.37. The molecule has 0 bridgehead atoms. The zero-order chi connectivity index (χ0) is 26.9. The van der Waals surface area contributed by atoms with Crippen LogP contribution in [0.3, 0.4) is 0 Å². The van der Waals surface area contributed by atoms with E-state index in [0.717, 1.165) is 50.0 Å². The molecular weight excluding hydrogens is 593 g/mol. The van der Waals surface area contributed by atoms with Gasteiger partial charge in [-0.3, -0.25) is 9.59 Å². The molecule has 2 aromatic rings. The molecule has 2 aromatic carbocycles. The maximum atomic E-state index is 13.1. The van der Waals surface area contributed by atoms with E-state index in [1.807, 2.05) is 52.3 Å². The number of benzene rings is 2. The summed E-state index contributed by atoms with van der Waals surface area (Å²) in [5.74, 6) is 0.941. The number of rotatable bonds is 12. The van der Waals surface area contributed by atoms with Gasteiger partial charge in [-0.05, 0) is 74.4 Å². The monoisotopic (exact) mass is 631 g/mol. The minimum Gasteiger partial charge on any atom is -0.494 e. The van der Waals surface area contributed by atoms with Gasteiger partial charge < -0.3 is 25.0 Å². The molecule has 2 aliphatic heterocycles. The standard InChI is InChI=1S/C30H38IN3O4/c1-2-16-32-21-25(35)8-5-6-19-38-26-12-10-22(11-13-26)29(36)33-17-14-24(15-18-33)34-28-9-4-3-7-23(28)20-27(31)30(34)37/h2-4,7,9-13,24-25,27,32,35H,1,5-6,8,14-21H2. The molecule has 204 valence electrons. The van der Waals surface area contributed by atoms with Crippen molar-refractivity contribution in [1.29, 1.82) is 0 Å². The maximum Gasteiger partial charge on any atom is 0.253 e. The summed E-state index contributed by atoms with van der Waals surface area (Å²) in [6.45, 7) is 6.76. The number of halogens is 1. The maximum absolute atomic E-state index is 13.1. The fourth-order valence-electron chi connectivity index (χ4n) is 5.17. The van der Waals surface area contributed by atoms with Gasteiger partial charge in [-0.1, -0.05) is 46.9 Å². The molecular formula is C30H38IN3O4. The van der Waals surface area contributed by atoms with Crippen LogP contribution < -0.4 is 15.0 Å². The molecule has 0 aliphatic carbocycles. The Labute approximate surface area is 239 Å². The van der Waals surface area contributed by atoms with Crippen LogP contribution in [0.25, 0.3) is 0 Å². The zero-order valence-corrected chi connectivity index (χ0v) is 24.0. The summed E-state index contributed by atoms with van der Waals surface area (Å²) in [7, 11) is 0. The van der Waals surface area contributed by atoms with Crippen LogP contribution in [-0.4, -0.2) is 70.7 Å². The Bertz CT molecular complexity index is 1090. The van der Waals surface area contributed by atoms with Crippen molar-refractivity contribution in [2.24, 2.45) is 0 Å². The predicted molar refractivity (Wildman–Crippen MR) is 159 cm³/mol. The molecule has 4 rings (SSSR count). The Balaban J connectivity index is 1.22. The lowest BCUT2D eigenvalue weighted by atomic mass is 9.95. The van der Waals surface area contributed by atoms with E-state index in [-0.39, 0.29) is 27.9 Å². The van der Waals surface area contributed by atoms with E-state index in [0.29, 0.717) is 38.3 Å². The van der Waals surface area contributed by atoms with Gasteiger partial charge in [0.25, 0.3) is 5.91 Å². The van der Waals surface area contributed by atoms with Crippen molar-refractivity contribution in [2.45, 2.75) is 54.6 Å². The molecule has 0 radical (unpaired) electrons. The zero-order valence-electron chi connectivity index (χ0n) is 21.9. The Kier molecular flexibility index (Phi) is 10.6. The number of aliphatic hydroxyl groups excluding tert-OH is 1. The van der Waals surface area contributed by atoms with Gasteiger partial charge in [0.05, 0.1) is 16.6 Å². The number of ether oxygens (including phenoxy) is 1. The minimum atomic E-state index is -0.357. The topological polar surface area (TPSA) is 82.1 Å². The summed E-state index contributed by atoms with van der Waals surface area (Å²) in [4.78, 5) is 30.1. The highest BCUT2D eigenvalue weighted by Crippen LogP contribution is 2.35. The molecule has 2 amide bonds. The normalized spacial score (nSPS) is 18.7. The first-order valence-corrected chi connectivity index (χ1v) is 14.8. The van der Waals surface area contributed by atoms with Gasteiger partial charge in [-0.15, -0.1) is 6.58 Å². The van der Waals surface area contributed by atoms with E-state index < -0.39 is 0 Å². The molecule has 2 unspecified atom stereocenters. The first kappa shape index (κ1) is 28.6. The number of anilines is 1. The van der Waals surface area contributed by atoms with Gasteiger partial charge in [0, 0.05) is 43.5 Å². The molecule has 0 spiro atoms. The van der Waals surface area contributed by atoms with Gasteiger partial charge in [0.15, 0.2) is 0 Å². The number of unbranched alkanes of at least 4 members (excludes halogenated alkanes) is 1. The number of carbonyl (C=O) groups is 2. The highest BCUT2D eigenvalue weighted by atomic mass is 127. The second kappa shape index (κ2) is 14.1. The summed E-state index contributed by atoms with van der Waals surface area (Å²) in [5.41, 5.74) is 2.90. The highest BCUT2D eigenvalue weighted by molar-refractivity contribution is 14.1. The number of aliphatic hydroxyl groups is 1. The van der Waals surface area contributed by atoms with Crippen LogP contribution in [0.2, 0.25) is 0 Å². The number of para-hydroxylation sites is 1. The van der Waals surface area contributed by atoms with Crippen molar-refractivity contribution in [3.63, 3.8) is 0 Å². The quantitative estimate of drug-likeness (QED) is 0.158. The van der Waals surface area contributed by atoms with E-state index in [4.69, 9.17) is 4.74 Å². The van der Waals surface area contributed by atoms with E-state index in [9.17, 15) is 14.7 Å². The number of alkyl halides is 1. The molecule has 7 nitrogen and oxygen atoms in total. The van der Waals surface area contributed by atoms with Crippen LogP contribution in [0, 0.1) is 0 Å². The first-order chi connectivity index (χ1) is 18.5. The van der Waals surface area contributed by atoms with Crippen molar-refractivity contribution < 1.29 is 19.4 Å². The van der Waals surface area contributed by atoms with Crippen LogP contribution in [0.15, 0.2) is 61.2 Å². The first-order valence-electron chi connectivity index (χ1n) is 13.5. The number of amides is 2. The third-order valence-corrected chi connectivity index (χ3v) is 8.22. The van der Waals surface area contributed by atoms with Crippen LogP contribution >= 0.6 is 22.6 Å². The molecule has 0 aromatic heterocycles. The van der Waals surface area contributed by atoms with E-state index in [2.05, 4.69) is 40.6 Å². The molecule has 2 atom stereocenters. The van der Waals surface area contributed by atoms with Crippen LogP contribution in [0.1, 0.15) is 48.0 Å². The third kappa shape index (κ3) is 7.36. The average molecular weight is 632 g/mol. The smallest absolute Gasteiger partial charge is 0.253 e. The summed E-state index contributed by atoms with van der Waals surface area (Å²) < 4.78 is 5.78. The number of likely N-dealkylation sites (tertiary alicyclic amines) is 1. The number of fused-ring (bicyclic) bond motifs is 1. The lowest BCUT2D eigenvalue weighted by Gasteiger charge is -2.42. The lowest BCUT2D eigenvalue weighted by molar-refractivity contribution is -0.118. The number of nitrogens with one attached hydrogen (secondary N) is 1. The van der Waals surface area contributed by atoms with Crippen molar-refractivity contribution >= 4 is 40.1 Å². The molecule has 0 saturated carbocycles. The molecule has 2 aliphatic rings. The number of piperidine rings is 1. The van der Waals surface area contributed by atoms with Crippen molar-refractivity contribution in [1.82, 2.24) is 10.2 Å². The van der Waals surface area contributed by atoms with Crippen LogP contribution in [0.4, 0.5) is 5.69 Å². The van der Waals surface area contributed by atoms with Gasteiger partial charge >= 0.3 is 0 Å². The minimum absolute atomic E-state index is 0.0196. The number of carbonyl (C=O) groups excluding carboxylic acids is 2. The Morgan fingerprint density at radius 2 is 1.89 bits per heavy atom. The van der Waals surface area contributed by atoms with Crippen LogP contribution in [0.5, 0.6) is 5.75 Å². The Hall–Kier alpha value is -2.43. The third-order valence-electron chi connectivity index (χ3n) is 7.24. The van der Waals surface area contributed by atoms with Crippen molar-refractivity contribution in [3.05, 3.63) is 72.3 Å². The Morgan fingerprint density at radius 3 is 2.63 bits per heavy atom. The van der Waals surface area contributed by atoms with Gasteiger partial charge in [-0.25, -0.2) is 0 Å². The summed E-state index contributed by atoms with van der Waals surface area (Å²) in [5, 5.41) is 13.1. The van der Waals surface area contributed by atoms with Gasteiger partial charge in [-0.2, -0.15) is 0 Å². The highest BCUT2D eigenvalue weighted by Gasteiger charge is 2.37. The number of nitrogens with zero attached hydrogens (tertiary/aromatic N) is 2. The molecule has 38 heavy (non-hydrogen) atoms. The Morgan fingerprint density at radius 1 is 1.16 bits per heavy atom.